The third kappa shape index (κ3) is 5.96. The first kappa shape index (κ1) is 24.6. The lowest BCUT2D eigenvalue weighted by atomic mass is 9.79. The van der Waals surface area contributed by atoms with Gasteiger partial charge in [0.2, 0.25) is 10.0 Å². The molecule has 8 nitrogen and oxygen atoms in total. The maximum Gasteiger partial charge on any atom is 0.251 e. The Bertz CT molecular complexity index is 1060. The number of sulfonamides is 1. The molecule has 3 fully saturated rings. The van der Waals surface area contributed by atoms with Gasteiger partial charge in [-0.25, -0.2) is 21.6 Å². The van der Waals surface area contributed by atoms with E-state index in [-0.39, 0.29) is 34.3 Å². The fourth-order valence-electron chi connectivity index (χ4n) is 5.51. The molecule has 1 amide bonds. The molecular formula is C23H35N3O5S2. The highest BCUT2D eigenvalue weighted by Gasteiger charge is 2.38. The van der Waals surface area contributed by atoms with E-state index >= 15 is 0 Å². The molecule has 1 aromatic carbocycles. The molecule has 1 unspecified atom stereocenters. The van der Waals surface area contributed by atoms with Gasteiger partial charge in [0.1, 0.15) is 0 Å². The number of sulfone groups is 1. The summed E-state index contributed by atoms with van der Waals surface area (Å²) < 4.78 is 51.4. The van der Waals surface area contributed by atoms with Crippen molar-refractivity contribution >= 4 is 25.8 Å². The van der Waals surface area contributed by atoms with Gasteiger partial charge in [0.05, 0.1) is 16.4 Å². The third-order valence-electron chi connectivity index (χ3n) is 7.35. The van der Waals surface area contributed by atoms with Crippen LogP contribution in [0, 0.1) is 0 Å². The van der Waals surface area contributed by atoms with Crippen LogP contribution in [0.4, 0.5) is 0 Å². The molecule has 2 aliphatic heterocycles. The number of carbonyl (C=O) groups is 1. The zero-order valence-corrected chi connectivity index (χ0v) is 20.7. The molecule has 0 radical (unpaired) electrons. The van der Waals surface area contributed by atoms with E-state index in [4.69, 9.17) is 0 Å². The summed E-state index contributed by atoms with van der Waals surface area (Å²) in [6.45, 7) is 2.72. The first-order chi connectivity index (χ1) is 15.7. The fraction of sp³-hybridized carbons (Fsp3) is 0.696. The average molecular weight is 498 g/mol. The molecule has 0 spiro atoms. The standard InChI is InChI=1S/C23H35N3O5S2/c27-22(24-18-23(11-3-1-4-12-23)26-13-5-2-6-14-26)19-8-7-9-21(16-19)33(30,31)25-20-10-15-32(28,29)17-20/h7-9,16,20,25H,1-6,10-15,17-18H2,(H,24,27). The summed E-state index contributed by atoms with van der Waals surface area (Å²) >= 11 is 0. The predicted molar refractivity (Wildman–Crippen MR) is 127 cm³/mol. The van der Waals surface area contributed by atoms with Crippen molar-refractivity contribution in [3.05, 3.63) is 29.8 Å². The van der Waals surface area contributed by atoms with Gasteiger partial charge in [-0.3, -0.25) is 9.69 Å². The van der Waals surface area contributed by atoms with Crippen molar-refractivity contribution in [2.75, 3.05) is 31.1 Å². The third-order valence-corrected chi connectivity index (χ3v) is 10.6. The number of rotatable bonds is 7. The van der Waals surface area contributed by atoms with Crippen LogP contribution in [0.1, 0.15) is 68.1 Å². The Morgan fingerprint density at radius 2 is 1.76 bits per heavy atom. The summed E-state index contributed by atoms with van der Waals surface area (Å²) in [7, 11) is -7.12. The van der Waals surface area contributed by atoms with E-state index in [1.807, 2.05) is 0 Å². The topological polar surface area (TPSA) is 113 Å². The second-order valence-corrected chi connectivity index (χ2v) is 13.7. The van der Waals surface area contributed by atoms with E-state index in [1.54, 1.807) is 12.1 Å². The van der Waals surface area contributed by atoms with Crippen molar-refractivity contribution in [3.63, 3.8) is 0 Å². The molecule has 2 heterocycles. The van der Waals surface area contributed by atoms with E-state index in [9.17, 15) is 21.6 Å². The van der Waals surface area contributed by atoms with Crippen LogP contribution < -0.4 is 10.0 Å². The minimum atomic E-state index is -3.92. The minimum absolute atomic E-state index is 0.00641. The van der Waals surface area contributed by atoms with E-state index in [0.717, 1.165) is 25.9 Å². The van der Waals surface area contributed by atoms with Gasteiger partial charge in [-0.1, -0.05) is 31.7 Å². The molecule has 10 heteroatoms. The molecule has 1 saturated carbocycles. The highest BCUT2D eigenvalue weighted by molar-refractivity contribution is 7.92. The zero-order chi connectivity index (χ0) is 23.5. The van der Waals surface area contributed by atoms with Crippen LogP contribution in [0.25, 0.3) is 0 Å². The maximum atomic E-state index is 13.0. The molecule has 1 aliphatic carbocycles. The minimum Gasteiger partial charge on any atom is -0.350 e. The van der Waals surface area contributed by atoms with Crippen LogP contribution in [0.15, 0.2) is 29.2 Å². The quantitative estimate of drug-likeness (QED) is 0.596. The van der Waals surface area contributed by atoms with Crippen molar-refractivity contribution in [1.29, 1.82) is 0 Å². The Kier molecular flexibility index (Phi) is 7.47. The number of piperidine rings is 1. The first-order valence-corrected chi connectivity index (χ1v) is 15.4. The Morgan fingerprint density at radius 1 is 1.06 bits per heavy atom. The SMILES string of the molecule is O=C(NCC1(N2CCCCC2)CCCCC1)c1cccc(S(=O)(=O)NC2CCS(=O)(=O)C2)c1. The summed E-state index contributed by atoms with van der Waals surface area (Å²) in [6, 6.07) is 5.33. The summed E-state index contributed by atoms with van der Waals surface area (Å²) in [5.41, 5.74) is 0.287. The predicted octanol–water partition coefficient (Wildman–Crippen LogP) is 2.07. The van der Waals surface area contributed by atoms with Crippen molar-refractivity contribution in [1.82, 2.24) is 14.9 Å². The lowest BCUT2D eigenvalue weighted by molar-refractivity contribution is 0.0326. The van der Waals surface area contributed by atoms with E-state index in [0.29, 0.717) is 12.1 Å². The van der Waals surface area contributed by atoms with Crippen molar-refractivity contribution in [2.45, 2.75) is 74.3 Å². The van der Waals surface area contributed by atoms with Gasteiger partial charge in [-0.05, 0) is 63.4 Å². The molecule has 33 heavy (non-hydrogen) atoms. The normalized spacial score (nSPS) is 25.5. The van der Waals surface area contributed by atoms with Gasteiger partial charge >= 0.3 is 0 Å². The average Bonchev–Trinajstić information content (AvgIpc) is 3.16. The molecule has 4 rings (SSSR count). The Morgan fingerprint density at radius 3 is 2.42 bits per heavy atom. The zero-order valence-electron chi connectivity index (χ0n) is 19.1. The summed E-state index contributed by atoms with van der Waals surface area (Å²) in [5, 5.41) is 3.09. The fourth-order valence-corrected chi connectivity index (χ4v) is 8.60. The molecule has 2 N–H and O–H groups in total. The first-order valence-electron chi connectivity index (χ1n) is 12.1. The molecule has 184 valence electrons. The van der Waals surface area contributed by atoms with Crippen LogP contribution in [0.5, 0.6) is 0 Å². The number of amides is 1. The number of hydrogen-bond donors (Lipinski definition) is 2. The van der Waals surface area contributed by atoms with Gasteiger partial charge in [0.25, 0.3) is 5.91 Å². The van der Waals surface area contributed by atoms with Crippen molar-refractivity contribution in [2.24, 2.45) is 0 Å². The van der Waals surface area contributed by atoms with Gasteiger partial charge in [0.15, 0.2) is 9.84 Å². The molecule has 0 aromatic heterocycles. The van der Waals surface area contributed by atoms with Crippen LogP contribution in [0.3, 0.4) is 0 Å². The van der Waals surface area contributed by atoms with Crippen molar-refractivity contribution in [3.8, 4) is 0 Å². The number of likely N-dealkylation sites (tertiary alicyclic amines) is 1. The van der Waals surface area contributed by atoms with Crippen LogP contribution in [-0.2, 0) is 19.9 Å². The van der Waals surface area contributed by atoms with Gasteiger partial charge in [-0.2, -0.15) is 0 Å². The summed E-state index contributed by atoms with van der Waals surface area (Å²) in [5.74, 6) is -0.482. The maximum absolute atomic E-state index is 13.0. The van der Waals surface area contributed by atoms with Crippen LogP contribution >= 0.6 is 0 Å². The molecule has 0 bridgehead atoms. The molecular weight excluding hydrogens is 462 g/mol. The highest BCUT2D eigenvalue weighted by Crippen LogP contribution is 2.35. The second-order valence-electron chi connectivity index (χ2n) is 9.76. The number of carbonyl (C=O) groups excluding carboxylic acids is 1. The second kappa shape index (κ2) is 10.0. The lowest BCUT2D eigenvalue weighted by Crippen LogP contribution is -2.58. The number of nitrogens with one attached hydrogen (secondary N) is 2. The van der Waals surface area contributed by atoms with Crippen LogP contribution in [-0.4, -0.2) is 70.4 Å². The lowest BCUT2D eigenvalue weighted by Gasteiger charge is -2.48. The van der Waals surface area contributed by atoms with Gasteiger partial charge in [-0.15, -0.1) is 0 Å². The van der Waals surface area contributed by atoms with E-state index < -0.39 is 25.9 Å². The molecule has 1 aromatic rings. The molecule has 2 saturated heterocycles. The molecule has 3 aliphatic rings. The van der Waals surface area contributed by atoms with E-state index in [1.165, 1.54) is 50.7 Å². The van der Waals surface area contributed by atoms with Gasteiger partial charge in [0, 0.05) is 23.7 Å². The molecule has 1 atom stereocenters. The number of hydrogen-bond acceptors (Lipinski definition) is 6. The summed E-state index contributed by atoms with van der Waals surface area (Å²) in [4.78, 5) is 15.5. The Balaban J connectivity index is 1.43. The van der Waals surface area contributed by atoms with E-state index in [2.05, 4.69) is 14.9 Å². The van der Waals surface area contributed by atoms with Crippen LogP contribution in [0.2, 0.25) is 0 Å². The smallest absolute Gasteiger partial charge is 0.251 e. The van der Waals surface area contributed by atoms with Crippen molar-refractivity contribution < 1.29 is 21.6 Å². The summed E-state index contributed by atoms with van der Waals surface area (Å²) in [6.07, 6.45) is 9.66. The number of nitrogens with zero attached hydrogens (tertiary/aromatic N) is 1. The largest absolute Gasteiger partial charge is 0.350 e. The number of benzene rings is 1. The monoisotopic (exact) mass is 497 g/mol. The Hall–Kier alpha value is -1.49. The highest BCUT2D eigenvalue weighted by atomic mass is 32.2. The Labute approximate surface area is 197 Å². The van der Waals surface area contributed by atoms with Gasteiger partial charge < -0.3 is 5.32 Å².